The predicted octanol–water partition coefficient (Wildman–Crippen LogP) is 3.37. The molecule has 0 atom stereocenters. The van der Waals surface area contributed by atoms with Gasteiger partial charge in [-0.15, -0.1) is 0 Å². The Morgan fingerprint density at radius 2 is 1.74 bits per heavy atom. The molecule has 1 aromatic heterocycles. The van der Waals surface area contributed by atoms with Gasteiger partial charge in [-0.2, -0.15) is 9.40 Å². The van der Waals surface area contributed by atoms with Crippen molar-refractivity contribution in [3.05, 3.63) is 46.7 Å². The van der Waals surface area contributed by atoms with E-state index in [-0.39, 0.29) is 9.92 Å². The van der Waals surface area contributed by atoms with Crippen molar-refractivity contribution in [2.24, 2.45) is 0 Å². The Kier molecular flexibility index (Phi) is 7.16. The average molecular weight is 431 g/mol. The highest BCUT2D eigenvalue weighted by atomic mass is 35.5. The summed E-state index contributed by atoms with van der Waals surface area (Å²) in [6.07, 6.45) is 7.11. The number of nitrogens with zero attached hydrogens (tertiary/aromatic N) is 4. The lowest BCUT2D eigenvalue weighted by Crippen LogP contribution is -2.48. The van der Waals surface area contributed by atoms with Crippen molar-refractivity contribution in [1.29, 1.82) is 0 Å². The molecule has 2 aromatic rings. The van der Waals surface area contributed by atoms with Crippen LogP contribution in [-0.2, 0) is 16.6 Å². The second kappa shape index (κ2) is 9.39. The molecule has 0 bridgehead atoms. The number of benzene rings is 1. The van der Waals surface area contributed by atoms with E-state index in [2.05, 4.69) is 10.00 Å². The third kappa shape index (κ3) is 5.45. The quantitative estimate of drug-likeness (QED) is 0.602. The Labute approximate surface area is 170 Å². The summed E-state index contributed by atoms with van der Waals surface area (Å²) >= 11 is 12.0. The van der Waals surface area contributed by atoms with Crippen LogP contribution >= 0.6 is 23.2 Å². The van der Waals surface area contributed by atoms with E-state index in [9.17, 15) is 8.42 Å². The SMILES string of the molecule is O=S(=O)(c1cc(Cl)ccc1Cl)N1CCN(CCCCCn2cccn2)CC1. The van der Waals surface area contributed by atoms with Gasteiger partial charge in [0.15, 0.2) is 0 Å². The first kappa shape index (κ1) is 20.6. The van der Waals surface area contributed by atoms with Crippen LogP contribution in [-0.4, -0.2) is 60.1 Å². The molecule has 2 heterocycles. The summed E-state index contributed by atoms with van der Waals surface area (Å²) in [4.78, 5) is 2.41. The van der Waals surface area contributed by atoms with Gasteiger partial charge in [0.25, 0.3) is 0 Å². The van der Waals surface area contributed by atoms with Crippen LogP contribution in [0.25, 0.3) is 0 Å². The maximum atomic E-state index is 12.8. The Morgan fingerprint density at radius 3 is 2.44 bits per heavy atom. The van der Waals surface area contributed by atoms with E-state index >= 15 is 0 Å². The van der Waals surface area contributed by atoms with E-state index < -0.39 is 10.0 Å². The van der Waals surface area contributed by atoms with Gasteiger partial charge < -0.3 is 4.90 Å². The van der Waals surface area contributed by atoms with Crippen LogP contribution in [0.4, 0.5) is 0 Å². The van der Waals surface area contributed by atoms with Crippen LogP contribution in [0.15, 0.2) is 41.6 Å². The number of halogens is 2. The highest BCUT2D eigenvalue weighted by molar-refractivity contribution is 7.89. The van der Waals surface area contributed by atoms with Gasteiger partial charge in [0.05, 0.1) is 5.02 Å². The van der Waals surface area contributed by atoms with Crippen molar-refractivity contribution < 1.29 is 8.42 Å². The first-order valence-electron chi connectivity index (χ1n) is 9.12. The summed E-state index contributed by atoms with van der Waals surface area (Å²) in [5.74, 6) is 0. The fourth-order valence-corrected chi connectivity index (χ4v) is 5.39. The zero-order chi connectivity index (χ0) is 19.3. The molecule has 27 heavy (non-hydrogen) atoms. The van der Waals surface area contributed by atoms with Crippen LogP contribution in [0.1, 0.15) is 19.3 Å². The molecule has 6 nitrogen and oxygen atoms in total. The number of unbranched alkanes of at least 4 members (excludes halogenated alkanes) is 2. The van der Waals surface area contributed by atoms with E-state index in [0.717, 1.165) is 45.4 Å². The number of hydrogen-bond donors (Lipinski definition) is 0. The zero-order valence-corrected chi connectivity index (χ0v) is 17.4. The smallest absolute Gasteiger partial charge is 0.244 e. The summed E-state index contributed by atoms with van der Waals surface area (Å²) in [5, 5.41) is 4.77. The lowest BCUT2D eigenvalue weighted by molar-refractivity contribution is 0.185. The van der Waals surface area contributed by atoms with Crippen LogP contribution in [0.3, 0.4) is 0 Å². The zero-order valence-electron chi connectivity index (χ0n) is 15.1. The molecule has 3 rings (SSSR count). The Bertz CT molecular complexity index is 835. The minimum Gasteiger partial charge on any atom is -0.301 e. The number of rotatable bonds is 8. The van der Waals surface area contributed by atoms with Crippen molar-refractivity contribution >= 4 is 33.2 Å². The summed E-state index contributed by atoms with van der Waals surface area (Å²) < 4.78 is 29.1. The minimum atomic E-state index is -3.61. The third-order valence-corrected chi connectivity index (χ3v) is 7.38. The second-order valence-electron chi connectivity index (χ2n) is 6.65. The molecule has 1 saturated heterocycles. The number of aryl methyl sites for hydroxylation is 1. The average Bonchev–Trinajstić information content (AvgIpc) is 3.17. The van der Waals surface area contributed by atoms with Crippen molar-refractivity contribution in [2.75, 3.05) is 32.7 Å². The normalized spacial score (nSPS) is 16.7. The number of hydrogen-bond acceptors (Lipinski definition) is 4. The molecule has 1 aromatic carbocycles. The maximum absolute atomic E-state index is 12.8. The van der Waals surface area contributed by atoms with E-state index in [0.29, 0.717) is 18.1 Å². The summed E-state index contributed by atoms with van der Waals surface area (Å²) in [6.45, 7) is 4.34. The summed E-state index contributed by atoms with van der Waals surface area (Å²) in [7, 11) is -3.61. The standard InChI is InChI=1S/C18H24Cl2N4O2S/c19-16-5-6-17(20)18(15-16)27(25,26)24-13-11-22(12-14-24)8-2-1-3-9-23-10-4-7-21-23/h4-7,10,15H,1-3,8-9,11-14H2. The number of piperazine rings is 1. The van der Waals surface area contributed by atoms with Crippen molar-refractivity contribution in [3.8, 4) is 0 Å². The van der Waals surface area contributed by atoms with E-state index in [4.69, 9.17) is 23.2 Å². The van der Waals surface area contributed by atoms with Gasteiger partial charge in [0, 0.05) is 50.1 Å². The van der Waals surface area contributed by atoms with Crippen LogP contribution in [0.5, 0.6) is 0 Å². The summed E-state index contributed by atoms with van der Waals surface area (Å²) in [6, 6.07) is 6.47. The van der Waals surface area contributed by atoms with E-state index in [1.807, 2.05) is 16.9 Å². The number of aromatic nitrogens is 2. The Balaban J connectivity index is 1.43. The van der Waals surface area contributed by atoms with Gasteiger partial charge in [-0.1, -0.05) is 29.6 Å². The molecule has 0 spiro atoms. The number of sulfonamides is 1. The van der Waals surface area contributed by atoms with Gasteiger partial charge in [0.1, 0.15) is 4.90 Å². The second-order valence-corrected chi connectivity index (χ2v) is 9.40. The lowest BCUT2D eigenvalue weighted by atomic mass is 10.2. The molecule has 0 aliphatic carbocycles. The predicted molar refractivity (Wildman–Crippen MR) is 108 cm³/mol. The molecule has 0 radical (unpaired) electrons. The Morgan fingerprint density at radius 1 is 1.00 bits per heavy atom. The van der Waals surface area contributed by atoms with Gasteiger partial charge in [-0.3, -0.25) is 4.68 Å². The monoisotopic (exact) mass is 430 g/mol. The van der Waals surface area contributed by atoms with E-state index in [1.165, 1.54) is 16.4 Å². The summed E-state index contributed by atoms with van der Waals surface area (Å²) in [5.41, 5.74) is 0. The van der Waals surface area contributed by atoms with Gasteiger partial charge in [-0.05, 0) is 43.7 Å². The van der Waals surface area contributed by atoms with Crippen molar-refractivity contribution in [2.45, 2.75) is 30.7 Å². The first-order chi connectivity index (χ1) is 13.0. The molecule has 0 amide bonds. The molecular weight excluding hydrogens is 407 g/mol. The fourth-order valence-electron chi connectivity index (χ4n) is 3.23. The molecule has 1 aliphatic rings. The molecule has 1 fully saturated rings. The van der Waals surface area contributed by atoms with Crippen LogP contribution in [0, 0.1) is 0 Å². The maximum Gasteiger partial charge on any atom is 0.244 e. The van der Waals surface area contributed by atoms with Crippen molar-refractivity contribution in [3.63, 3.8) is 0 Å². The molecule has 9 heteroatoms. The highest BCUT2D eigenvalue weighted by Gasteiger charge is 2.30. The molecule has 1 aliphatic heterocycles. The van der Waals surface area contributed by atoms with Crippen LogP contribution < -0.4 is 0 Å². The molecule has 0 N–H and O–H groups in total. The van der Waals surface area contributed by atoms with E-state index in [1.54, 1.807) is 12.3 Å². The fraction of sp³-hybridized carbons (Fsp3) is 0.500. The van der Waals surface area contributed by atoms with Gasteiger partial charge >= 0.3 is 0 Å². The highest BCUT2D eigenvalue weighted by Crippen LogP contribution is 2.28. The molecular formula is C18H24Cl2N4O2S. The lowest BCUT2D eigenvalue weighted by Gasteiger charge is -2.34. The largest absolute Gasteiger partial charge is 0.301 e. The van der Waals surface area contributed by atoms with Crippen molar-refractivity contribution in [1.82, 2.24) is 19.0 Å². The molecule has 0 unspecified atom stereocenters. The van der Waals surface area contributed by atoms with Crippen LogP contribution in [0.2, 0.25) is 10.0 Å². The first-order valence-corrected chi connectivity index (χ1v) is 11.3. The topological polar surface area (TPSA) is 58.4 Å². The Hall–Kier alpha value is -1.12. The molecule has 0 saturated carbocycles. The molecule has 148 valence electrons. The minimum absolute atomic E-state index is 0.0868. The third-order valence-electron chi connectivity index (χ3n) is 4.76. The van der Waals surface area contributed by atoms with Gasteiger partial charge in [-0.25, -0.2) is 8.42 Å². The van der Waals surface area contributed by atoms with Gasteiger partial charge in [0.2, 0.25) is 10.0 Å².